The highest BCUT2D eigenvalue weighted by Crippen LogP contribution is 2.53. The van der Waals surface area contributed by atoms with Gasteiger partial charge >= 0.3 is 0 Å². The number of nitrogens with zero attached hydrogens (tertiary/aromatic N) is 3. The van der Waals surface area contributed by atoms with E-state index in [0.717, 1.165) is 23.7 Å². The SMILES string of the molecule is c1cc(CNC2CC3(CCCC3)C2)cc(-n2cncn2)c1. The van der Waals surface area contributed by atoms with Gasteiger partial charge in [-0.1, -0.05) is 25.0 Å². The summed E-state index contributed by atoms with van der Waals surface area (Å²) in [7, 11) is 0. The number of nitrogens with one attached hydrogen (secondary N) is 1. The van der Waals surface area contributed by atoms with Crippen LogP contribution in [0.3, 0.4) is 0 Å². The number of benzene rings is 1. The van der Waals surface area contributed by atoms with Crippen LogP contribution in [0.15, 0.2) is 36.9 Å². The topological polar surface area (TPSA) is 42.7 Å². The highest BCUT2D eigenvalue weighted by molar-refractivity contribution is 5.34. The van der Waals surface area contributed by atoms with Crippen molar-refractivity contribution in [2.75, 3.05) is 0 Å². The Morgan fingerprint density at radius 1 is 1.24 bits per heavy atom. The van der Waals surface area contributed by atoms with Crippen molar-refractivity contribution in [3.8, 4) is 5.69 Å². The van der Waals surface area contributed by atoms with Crippen LogP contribution in [0.4, 0.5) is 0 Å². The van der Waals surface area contributed by atoms with Crippen LogP contribution in [0.2, 0.25) is 0 Å². The molecule has 110 valence electrons. The molecule has 0 bridgehead atoms. The van der Waals surface area contributed by atoms with Crippen LogP contribution in [-0.4, -0.2) is 20.8 Å². The summed E-state index contributed by atoms with van der Waals surface area (Å²) in [5.74, 6) is 0. The van der Waals surface area contributed by atoms with E-state index in [2.05, 4.69) is 39.7 Å². The van der Waals surface area contributed by atoms with Crippen molar-refractivity contribution in [1.82, 2.24) is 20.1 Å². The lowest BCUT2D eigenvalue weighted by atomic mass is 9.64. The number of hydrogen-bond donors (Lipinski definition) is 1. The predicted octanol–water partition coefficient (Wildman–Crippen LogP) is 3.08. The first kappa shape index (κ1) is 13.0. The molecule has 2 fully saturated rings. The molecular weight excluding hydrogens is 260 g/mol. The molecule has 0 saturated heterocycles. The molecule has 1 spiro atoms. The van der Waals surface area contributed by atoms with Gasteiger partial charge in [-0.3, -0.25) is 0 Å². The largest absolute Gasteiger partial charge is 0.310 e. The summed E-state index contributed by atoms with van der Waals surface area (Å²) in [6.45, 7) is 0.948. The lowest BCUT2D eigenvalue weighted by molar-refractivity contribution is 0.0889. The van der Waals surface area contributed by atoms with Gasteiger partial charge in [0.05, 0.1) is 5.69 Å². The third-order valence-corrected chi connectivity index (χ3v) is 5.21. The first-order valence-electron chi connectivity index (χ1n) is 8.00. The van der Waals surface area contributed by atoms with Gasteiger partial charge in [0.15, 0.2) is 0 Å². The Labute approximate surface area is 125 Å². The molecular formula is C17H22N4. The molecule has 1 aromatic heterocycles. The molecule has 0 atom stereocenters. The molecule has 4 heteroatoms. The van der Waals surface area contributed by atoms with Crippen molar-refractivity contribution in [1.29, 1.82) is 0 Å². The van der Waals surface area contributed by atoms with Crippen LogP contribution in [0.25, 0.3) is 5.69 Å². The molecule has 1 aromatic carbocycles. The smallest absolute Gasteiger partial charge is 0.138 e. The zero-order valence-corrected chi connectivity index (χ0v) is 12.3. The monoisotopic (exact) mass is 282 g/mol. The van der Waals surface area contributed by atoms with Crippen LogP contribution in [-0.2, 0) is 6.54 Å². The van der Waals surface area contributed by atoms with Crippen molar-refractivity contribution >= 4 is 0 Å². The fourth-order valence-corrected chi connectivity index (χ4v) is 4.08. The maximum absolute atomic E-state index is 4.18. The molecule has 0 aliphatic heterocycles. The summed E-state index contributed by atoms with van der Waals surface area (Å²) in [5.41, 5.74) is 3.11. The van der Waals surface area contributed by atoms with Gasteiger partial charge < -0.3 is 5.32 Å². The average Bonchev–Trinajstić information content (AvgIpc) is 3.15. The van der Waals surface area contributed by atoms with Crippen molar-refractivity contribution < 1.29 is 0 Å². The minimum absolute atomic E-state index is 0.720. The molecule has 1 N–H and O–H groups in total. The summed E-state index contributed by atoms with van der Waals surface area (Å²) < 4.78 is 1.81. The fourth-order valence-electron chi connectivity index (χ4n) is 4.08. The van der Waals surface area contributed by atoms with E-state index in [4.69, 9.17) is 0 Å². The molecule has 0 unspecified atom stereocenters. The maximum Gasteiger partial charge on any atom is 0.138 e. The van der Waals surface area contributed by atoms with Gasteiger partial charge in [-0.2, -0.15) is 5.10 Å². The third kappa shape index (κ3) is 2.60. The van der Waals surface area contributed by atoms with Gasteiger partial charge in [-0.15, -0.1) is 0 Å². The molecule has 0 amide bonds. The van der Waals surface area contributed by atoms with Crippen LogP contribution in [0.1, 0.15) is 44.1 Å². The normalized spacial score (nSPS) is 20.8. The predicted molar refractivity (Wildman–Crippen MR) is 82.1 cm³/mol. The number of hydrogen-bond acceptors (Lipinski definition) is 3. The maximum atomic E-state index is 4.18. The lowest BCUT2D eigenvalue weighted by Crippen LogP contribution is -2.47. The molecule has 4 rings (SSSR count). The summed E-state index contributed by atoms with van der Waals surface area (Å²) in [6, 6.07) is 9.24. The van der Waals surface area contributed by atoms with Crippen molar-refractivity contribution in [2.24, 2.45) is 5.41 Å². The Morgan fingerprint density at radius 2 is 2.10 bits per heavy atom. The van der Waals surface area contributed by atoms with Gasteiger partial charge in [-0.25, -0.2) is 9.67 Å². The lowest BCUT2D eigenvalue weighted by Gasteiger charge is -2.46. The van der Waals surface area contributed by atoms with E-state index < -0.39 is 0 Å². The average molecular weight is 282 g/mol. The van der Waals surface area contributed by atoms with Crippen molar-refractivity contribution in [3.05, 3.63) is 42.5 Å². The Kier molecular flexibility index (Phi) is 3.26. The number of rotatable bonds is 4. The van der Waals surface area contributed by atoms with Crippen molar-refractivity contribution in [3.63, 3.8) is 0 Å². The van der Waals surface area contributed by atoms with E-state index >= 15 is 0 Å². The first-order chi connectivity index (χ1) is 10.3. The first-order valence-corrected chi connectivity index (χ1v) is 8.00. The Balaban J connectivity index is 1.34. The molecule has 2 aromatic rings. The van der Waals surface area contributed by atoms with E-state index in [1.54, 1.807) is 17.3 Å². The minimum Gasteiger partial charge on any atom is -0.310 e. The Bertz CT molecular complexity index is 591. The highest BCUT2D eigenvalue weighted by Gasteiger charge is 2.45. The van der Waals surface area contributed by atoms with E-state index in [1.165, 1.54) is 44.1 Å². The van der Waals surface area contributed by atoms with Gasteiger partial charge in [-0.05, 0) is 48.8 Å². The Hall–Kier alpha value is -1.68. The second-order valence-electron chi connectivity index (χ2n) is 6.70. The zero-order chi connectivity index (χ0) is 14.1. The van der Waals surface area contributed by atoms with Gasteiger partial charge in [0.25, 0.3) is 0 Å². The van der Waals surface area contributed by atoms with Crippen LogP contribution < -0.4 is 5.32 Å². The quantitative estimate of drug-likeness (QED) is 0.937. The summed E-state index contributed by atoms with van der Waals surface area (Å²) in [4.78, 5) is 4.00. The molecule has 2 aliphatic rings. The third-order valence-electron chi connectivity index (χ3n) is 5.21. The fraction of sp³-hybridized carbons (Fsp3) is 0.529. The molecule has 4 nitrogen and oxygen atoms in total. The highest BCUT2D eigenvalue weighted by atomic mass is 15.3. The zero-order valence-electron chi connectivity index (χ0n) is 12.3. The van der Waals surface area contributed by atoms with E-state index in [1.807, 2.05) is 0 Å². The van der Waals surface area contributed by atoms with Crippen LogP contribution in [0.5, 0.6) is 0 Å². The molecule has 2 aliphatic carbocycles. The Morgan fingerprint density at radius 3 is 2.86 bits per heavy atom. The summed E-state index contributed by atoms with van der Waals surface area (Å²) in [5, 5.41) is 7.90. The van der Waals surface area contributed by atoms with Crippen LogP contribution in [0, 0.1) is 5.41 Å². The summed E-state index contributed by atoms with van der Waals surface area (Å²) >= 11 is 0. The van der Waals surface area contributed by atoms with Crippen molar-refractivity contribution in [2.45, 2.75) is 51.1 Å². The second kappa shape index (κ2) is 5.26. The van der Waals surface area contributed by atoms with Crippen LogP contribution >= 0.6 is 0 Å². The minimum atomic E-state index is 0.720. The summed E-state index contributed by atoms with van der Waals surface area (Å²) in [6.07, 6.45) is 11.9. The molecule has 0 radical (unpaired) electrons. The van der Waals surface area contributed by atoms with Gasteiger partial charge in [0.2, 0.25) is 0 Å². The molecule has 2 saturated carbocycles. The molecule has 1 heterocycles. The van der Waals surface area contributed by atoms with E-state index in [-0.39, 0.29) is 0 Å². The number of aromatic nitrogens is 3. The van der Waals surface area contributed by atoms with Gasteiger partial charge in [0.1, 0.15) is 12.7 Å². The molecule has 21 heavy (non-hydrogen) atoms. The van der Waals surface area contributed by atoms with E-state index in [0.29, 0.717) is 0 Å². The van der Waals surface area contributed by atoms with Gasteiger partial charge in [0, 0.05) is 12.6 Å². The van der Waals surface area contributed by atoms with E-state index in [9.17, 15) is 0 Å². The second-order valence-corrected chi connectivity index (χ2v) is 6.70. The standard InChI is InChI=1S/C17H22N4/c1-2-7-17(6-1)9-15(10-17)19-11-14-4-3-5-16(8-14)21-13-18-12-20-21/h3-5,8,12-13,15,19H,1-2,6-7,9-11H2.